The predicted molar refractivity (Wildman–Crippen MR) is 124 cm³/mol. The van der Waals surface area contributed by atoms with Gasteiger partial charge in [0, 0.05) is 29.5 Å². The lowest BCUT2D eigenvalue weighted by atomic mass is 9.69. The largest absolute Gasteiger partial charge is 0.504 e. The maximum Gasteiger partial charge on any atom is 0.161 e. The van der Waals surface area contributed by atoms with E-state index >= 15 is 0 Å². The first-order chi connectivity index (χ1) is 16.4. The lowest BCUT2D eigenvalue weighted by Gasteiger charge is -2.42. The fourth-order valence-corrected chi connectivity index (χ4v) is 5.48. The van der Waals surface area contributed by atoms with Crippen molar-refractivity contribution in [3.63, 3.8) is 0 Å². The number of aromatic hydroxyl groups is 1. The Hall–Kier alpha value is -3.27. The molecule has 180 valence electrons. The molecule has 3 unspecified atom stereocenters. The minimum Gasteiger partial charge on any atom is -0.504 e. The van der Waals surface area contributed by atoms with Gasteiger partial charge in [0.15, 0.2) is 28.8 Å². The number of methoxy groups -OCH3 is 3. The third-order valence-corrected chi connectivity index (χ3v) is 7.11. The van der Waals surface area contributed by atoms with Crippen LogP contribution in [0.3, 0.4) is 0 Å². The predicted octanol–water partition coefficient (Wildman–Crippen LogP) is 1.87. The lowest BCUT2D eigenvalue weighted by Crippen LogP contribution is -2.51. The minimum absolute atomic E-state index is 0.0237. The number of nitrogens with one attached hydrogen (secondary N) is 3. The molecule has 0 spiro atoms. The van der Waals surface area contributed by atoms with Crippen LogP contribution in [0.1, 0.15) is 35.8 Å². The monoisotopic (exact) mass is 467 g/mol. The van der Waals surface area contributed by atoms with Gasteiger partial charge >= 0.3 is 0 Å². The normalized spacial score (nSPS) is 28.1. The lowest BCUT2D eigenvalue weighted by molar-refractivity contribution is -0.117. The zero-order chi connectivity index (χ0) is 24.0. The second kappa shape index (κ2) is 8.83. The molecule has 0 bridgehead atoms. The van der Waals surface area contributed by atoms with E-state index in [9.17, 15) is 15.0 Å². The first kappa shape index (κ1) is 22.5. The van der Waals surface area contributed by atoms with E-state index in [0.29, 0.717) is 35.7 Å². The van der Waals surface area contributed by atoms with Crippen LogP contribution in [0, 0.1) is 5.92 Å². The summed E-state index contributed by atoms with van der Waals surface area (Å²) in [5, 5.41) is 24.2. The summed E-state index contributed by atoms with van der Waals surface area (Å²) in [6.45, 7) is 0. The first-order valence-corrected chi connectivity index (χ1v) is 11.3. The number of carbonyl (C=O) groups excluding carboxylic acids is 1. The first-order valence-electron chi connectivity index (χ1n) is 11.3. The van der Waals surface area contributed by atoms with Gasteiger partial charge in [0.25, 0.3) is 0 Å². The SMILES string of the molecule is COc1cc([C@@H]2C3=C(C[C@@H](c4ccc(OC)c(OC)c4)CC3=O)NC3NNC(O)C32)ccc1O. The summed E-state index contributed by atoms with van der Waals surface area (Å²) < 4.78 is 16.1. The molecule has 5 atom stereocenters. The van der Waals surface area contributed by atoms with E-state index in [1.165, 1.54) is 7.11 Å². The number of benzene rings is 2. The quantitative estimate of drug-likeness (QED) is 0.449. The molecule has 1 fully saturated rings. The molecule has 0 amide bonds. The molecule has 34 heavy (non-hydrogen) atoms. The number of hydrogen-bond donors (Lipinski definition) is 5. The number of phenols is 1. The van der Waals surface area contributed by atoms with Gasteiger partial charge < -0.3 is 29.7 Å². The second-order valence-corrected chi connectivity index (χ2v) is 8.88. The fraction of sp³-hybridized carbons (Fsp3) is 0.400. The van der Waals surface area contributed by atoms with Crippen molar-refractivity contribution in [3.05, 3.63) is 58.8 Å². The number of ketones is 1. The Bertz CT molecular complexity index is 1150. The van der Waals surface area contributed by atoms with Crippen molar-refractivity contribution in [2.24, 2.45) is 5.92 Å². The molecule has 9 nitrogen and oxygen atoms in total. The maximum atomic E-state index is 13.6. The van der Waals surface area contributed by atoms with Crippen LogP contribution in [0.25, 0.3) is 0 Å². The minimum atomic E-state index is -0.854. The number of aliphatic hydroxyl groups excluding tert-OH is 1. The van der Waals surface area contributed by atoms with Crippen molar-refractivity contribution < 1.29 is 29.2 Å². The molecule has 1 aliphatic carbocycles. The molecule has 2 aromatic rings. The van der Waals surface area contributed by atoms with Gasteiger partial charge in [0.2, 0.25) is 0 Å². The van der Waals surface area contributed by atoms with E-state index < -0.39 is 6.23 Å². The van der Waals surface area contributed by atoms with Crippen molar-refractivity contribution in [1.29, 1.82) is 0 Å². The summed E-state index contributed by atoms with van der Waals surface area (Å²) in [6.07, 6.45) is -0.137. The van der Waals surface area contributed by atoms with Gasteiger partial charge in [-0.1, -0.05) is 12.1 Å². The number of carbonyl (C=O) groups is 1. The molecule has 5 rings (SSSR count). The molecule has 3 aliphatic rings. The number of aliphatic hydroxyl groups is 1. The van der Waals surface area contributed by atoms with E-state index in [-0.39, 0.29) is 35.5 Å². The summed E-state index contributed by atoms with van der Waals surface area (Å²) in [5.41, 5.74) is 9.34. The number of fused-ring (bicyclic) bond motifs is 1. The molecule has 2 aromatic carbocycles. The Kier molecular flexibility index (Phi) is 5.85. The van der Waals surface area contributed by atoms with Crippen LogP contribution < -0.4 is 30.4 Å². The van der Waals surface area contributed by atoms with E-state index in [1.54, 1.807) is 32.4 Å². The van der Waals surface area contributed by atoms with Crippen LogP contribution in [0.2, 0.25) is 0 Å². The number of rotatable bonds is 5. The van der Waals surface area contributed by atoms with Gasteiger partial charge in [0.1, 0.15) is 6.23 Å². The Balaban J connectivity index is 1.56. The highest BCUT2D eigenvalue weighted by atomic mass is 16.5. The summed E-state index contributed by atoms with van der Waals surface area (Å²) >= 11 is 0. The van der Waals surface area contributed by atoms with E-state index in [1.807, 2.05) is 18.2 Å². The molecule has 0 aromatic heterocycles. The third-order valence-electron chi connectivity index (χ3n) is 7.11. The average Bonchev–Trinajstić information content (AvgIpc) is 3.22. The van der Waals surface area contributed by atoms with Gasteiger partial charge in [-0.15, -0.1) is 0 Å². The number of hydrogen-bond acceptors (Lipinski definition) is 9. The molecule has 2 heterocycles. The van der Waals surface area contributed by atoms with Gasteiger partial charge in [0.05, 0.1) is 27.5 Å². The molecular formula is C25H29N3O6. The number of ether oxygens (including phenoxy) is 3. The Morgan fingerprint density at radius 3 is 2.32 bits per heavy atom. The standard InChI is InChI=1S/C25H29N3O6/c1-32-18-7-5-12(10-20(18)34-3)14-8-15-22(17(30)9-14)21(23-24(26-15)27-28-25(23)31)13-4-6-16(29)19(11-13)33-2/h4-7,10-11,14,21,23-29,31H,8-9H2,1-3H3/t14-,21-,23?,24?,25?/m1/s1. The second-order valence-electron chi connectivity index (χ2n) is 8.88. The van der Waals surface area contributed by atoms with Gasteiger partial charge in [-0.25, -0.2) is 10.9 Å². The summed E-state index contributed by atoms with van der Waals surface area (Å²) in [6, 6.07) is 10.8. The Morgan fingerprint density at radius 2 is 1.59 bits per heavy atom. The van der Waals surface area contributed by atoms with Crippen LogP contribution in [0.15, 0.2) is 47.7 Å². The van der Waals surface area contributed by atoms with Crippen molar-refractivity contribution >= 4 is 5.78 Å². The smallest absolute Gasteiger partial charge is 0.161 e. The summed E-state index contributed by atoms with van der Waals surface area (Å²) in [7, 11) is 4.68. The Labute approximate surface area is 197 Å². The number of hydrazine groups is 1. The van der Waals surface area contributed by atoms with Crippen LogP contribution in [-0.2, 0) is 4.79 Å². The van der Waals surface area contributed by atoms with E-state index in [2.05, 4.69) is 16.2 Å². The van der Waals surface area contributed by atoms with Gasteiger partial charge in [-0.2, -0.15) is 0 Å². The van der Waals surface area contributed by atoms with Crippen LogP contribution in [-0.4, -0.2) is 49.7 Å². The average molecular weight is 468 g/mol. The van der Waals surface area contributed by atoms with Crippen LogP contribution in [0.4, 0.5) is 0 Å². The third kappa shape index (κ3) is 3.66. The highest BCUT2D eigenvalue weighted by Gasteiger charge is 2.50. The molecular weight excluding hydrogens is 438 g/mol. The summed E-state index contributed by atoms with van der Waals surface area (Å²) in [4.78, 5) is 13.6. The zero-order valence-electron chi connectivity index (χ0n) is 19.3. The van der Waals surface area contributed by atoms with Gasteiger partial charge in [-0.3, -0.25) is 4.79 Å². The van der Waals surface area contributed by atoms with Crippen molar-refractivity contribution in [3.8, 4) is 23.0 Å². The van der Waals surface area contributed by atoms with Crippen molar-refractivity contribution in [2.75, 3.05) is 21.3 Å². The highest BCUT2D eigenvalue weighted by Crippen LogP contribution is 2.48. The number of Topliss-reactive ketones (excluding diaryl/α,β-unsaturated/α-hetero) is 1. The molecule has 5 N–H and O–H groups in total. The molecule has 9 heteroatoms. The molecule has 0 saturated carbocycles. The Morgan fingerprint density at radius 1 is 0.882 bits per heavy atom. The van der Waals surface area contributed by atoms with Crippen LogP contribution in [0.5, 0.6) is 23.0 Å². The van der Waals surface area contributed by atoms with E-state index in [0.717, 1.165) is 16.8 Å². The number of phenolic OH excluding ortho intramolecular Hbond substituents is 1. The number of allylic oxidation sites excluding steroid dienone is 2. The topological polar surface area (TPSA) is 121 Å². The van der Waals surface area contributed by atoms with Crippen molar-refractivity contribution in [1.82, 2.24) is 16.2 Å². The molecule has 0 radical (unpaired) electrons. The van der Waals surface area contributed by atoms with Gasteiger partial charge in [-0.05, 0) is 47.7 Å². The highest BCUT2D eigenvalue weighted by molar-refractivity contribution is 5.99. The molecule has 2 aliphatic heterocycles. The van der Waals surface area contributed by atoms with Crippen LogP contribution >= 0.6 is 0 Å². The van der Waals surface area contributed by atoms with Crippen molar-refractivity contribution in [2.45, 2.75) is 37.1 Å². The maximum absolute atomic E-state index is 13.6. The van der Waals surface area contributed by atoms with E-state index in [4.69, 9.17) is 14.2 Å². The zero-order valence-corrected chi connectivity index (χ0v) is 19.3. The summed E-state index contributed by atoms with van der Waals surface area (Å²) in [5.74, 6) is 0.938. The fourth-order valence-electron chi connectivity index (χ4n) is 5.48. The molecule has 1 saturated heterocycles.